The second-order valence-electron chi connectivity index (χ2n) is 7.00. The van der Waals surface area contributed by atoms with Gasteiger partial charge >= 0.3 is 0 Å². The predicted molar refractivity (Wildman–Crippen MR) is 104 cm³/mol. The van der Waals surface area contributed by atoms with Gasteiger partial charge in [-0.2, -0.15) is 0 Å². The highest BCUT2D eigenvalue weighted by Gasteiger charge is 2.25. The molecule has 6 nitrogen and oxygen atoms in total. The summed E-state index contributed by atoms with van der Waals surface area (Å²) < 4.78 is 8.27. The molecule has 1 aromatic carbocycles. The molecule has 4 rings (SSSR count). The van der Waals surface area contributed by atoms with Gasteiger partial charge in [-0.05, 0) is 31.0 Å². The van der Waals surface area contributed by atoms with Gasteiger partial charge in [-0.1, -0.05) is 15.9 Å². The van der Waals surface area contributed by atoms with Crippen LogP contribution in [0.15, 0.2) is 27.6 Å². The van der Waals surface area contributed by atoms with Crippen LogP contribution in [0.1, 0.15) is 28.9 Å². The number of pyridine rings is 1. The molecule has 1 aromatic heterocycles. The number of benzene rings is 1. The van der Waals surface area contributed by atoms with Crippen LogP contribution in [0.25, 0.3) is 10.9 Å². The molecule has 0 bridgehead atoms. The molecule has 1 N–H and O–H groups in total. The summed E-state index contributed by atoms with van der Waals surface area (Å²) in [5.74, 6) is -0.297. The first-order valence-electron chi connectivity index (χ1n) is 9.00. The van der Waals surface area contributed by atoms with Crippen molar-refractivity contribution in [2.45, 2.75) is 19.4 Å². The fraction of sp³-hybridized carbons (Fsp3) is 0.474. The minimum atomic E-state index is -0.297. The third-order valence-electron chi connectivity index (χ3n) is 5.22. The summed E-state index contributed by atoms with van der Waals surface area (Å²) in [6.07, 6.45) is 2.60. The molecule has 0 radical (unpaired) electrons. The highest BCUT2D eigenvalue weighted by atomic mass is 79.9. The van der Waals surface area contributed by atoms with Crippen molar-refractivity contribution in [3.05, 3.63) is 44.2 Å². The standard InChI is InChI=1S/C19H22BrN3O3/c1-12-8-13-9-14(20)10-15-17(13)23(12)11-16(18(15)24)19(25)21-2-3-22-4-6-26-7-5-22/h9-12H,2-8H2,1H3,(H,21,25)/t12-/m1/s1. The van der Waals surface area contributed by atoms with Crippen LogP contribution in [-0.2, 0) is 11.2 Å². The molecule has 3 heterocycles. The van der Waals surface area contributed by atoms with E-state index in [0.717, 1.165) is 54.8 Å². The molecule has 1 saturated heterocycles. The van der Waals surface area contributed by atoms with Crippen LogP contribution < -0.4 is 10.7 Å². The van der Waals surface area contributed by atoms with Gasteiger partial charge in [0.1, 0.15) is 5.56 Å². The molecule has 0 aliphatic carbocycles. The summed E-state index contributed by atoms with van der Waals surface area (Å²) >= 11 is 3.48. The zero-order chi connectivity index (χ0) is 18.3. The molecule has 1 amide bonds. The van der Waals surface area contributed by atoms with Gasteiger partial charge in [0, 0.05) is 48.3 Å². The number of nitrogens with one attached hydrogen (secondary N) is 1. The normalized spacial score (nSPS) is 19.8. The molecule has 2 aromatic rings. The Kier molecular flexibility index (Phi) is 4.86. The quantitative estimate of drug-likeness (QED) is 0.822. The summed E-state index contributed by atoms with van der Waals surface area (Å²) in [5, 5.41) is 3.51. The van der Waals surface area contributed by atoms with E-state index in [2.05, 4.69) is 43.7 Å². The van der Waals surface area contributed by atoms with Crippen molar-refractivity contribution in [3.63, 3.8) is 0 Å². The van der Waals surface area contributed by atoms with Crippen molar-refractivity contribution < 1.29 is 9.53 Å². The first kappa shape index (κ1) is 17.7. The minimum Gasteiger partial charge on any atom is -0.379 e. The third-order valence-corrected chi connectivity index (χ3v) is 5.68. The predicted octanol–water partition coefficient (Wildman–Crippen LogP) is 1.94. The Morgan fingerprint density at radius 1 is 1.35 bits per heavy atom. The van der Waals surface area contributed by atoms with Crippen LogP contribution >= 0.6 is 15.9 Å². The van der Waals surface area contributed by atoms with E-state index in [9.17, 15) is 9.59 Å². The Hall–Kier alpha value is -1.70. The van der Waals surface area contributed by atoms with E-state index in [-0.39, 0.29) is 22.9 Å². The number of halogens is 1. The summed E-state index contributed by atoms with van der Waals surface area (Å²) in [6.45, 7) is 6.63. The largest absolute Gasteiger partial charge is 0.379 e. The van der Waals surface area contributed by atoms with Crippen LogP contribution in [0, 0.1) is 0 Å². The number of ether oxygens (including phenoxy) is 1. The number of morpholine rings is 1. The molecule has 2 aliphatic heterocycles. The Morgan fingerprint density at radius 2 is 2.12 bits per heavy atom. The second kappa shape index (κ2) is 7.13. The lowest BCUT2D eigenvalue weighted by molar-refractivity contribution is 0.0383. The van der Waals surface area contributed by atoms with E-state index in [4.69, 9.17) is 4.74 Å². The second-order valence-corrected chi connectivity index (χ2v) is 7.92. The number of amides is 1. The molecular formula is C19H22BrN3O3. The Balaban J connectivity index is 1.58. The molecule has 0 saturated carbocycles. The van der Waals surface area contributed by atoms with Crippen LogP contribution in [-0.4, -0.2) is 54.8 Å². The van der Waals surface area contributed by atoms with Crippen LogP contribution in [0.4, 0.5) is 0 Å². The molecule has 138 valence electrons. The van der Waals surface area contributed by atoms with Gasteiger partial charge in [-0.25, -0.2) is 0 Å². The maximum absolute atomic E-state index is 12.9. The highest BCUT2D eigenvalue weighted by molar-refractivity contribution is 9.10. The number of nitrogens with zero attached hydrogens (tertiary/aromatic N) is 2. The van der Waals surface area contributed by atoms with Crippen molar-refractivity contribution in [1.29, 1.82) is 0 Å². The Labute approximate surface area is 160 Å². The third kappa shape index (κ3) is 3.19. The SMILES string of the molecule is C[C@@H]1Cc2cc(Br)cc3c(=O)c(C(=O)NCCN4CCOCC4)cn1c23. The van der Waals surface area contributed by atoms with E-state index < -0.39 is 0 Å². The molecule has 7 heteroatoms. The van der Waals surface area contributed by atoms with E-state index in [1.807, 2.05) is 6.07 Å². The monoisotopic (exact) mass is 419 g/mol. The van der Waals surface area contributed by atoms with Crippen molar-refractivity contribution in [2.24, 2.45) is 0 Å². The molecule has 1 atom stereocenters. The van der Waals surface area contributed by atoms with Crippen molar-refractivity contribution in [1.82, 2.24) is 14.8 Å². The van der Waals surface area contributed by atoms with Crippen molar-refractivity contribution >= 4 is 32.7 Å². The Bertz CT molecular complexity index is 918. The maximum Gasteiger partial charge on any atom is 0.256 e. The molecule has 0 spiro atoms. The van der Waals surface area contributed by atoms with E-state index >= 15 is 0 Å². The summed E-state index contributed by atoms with van der Waals surface area (Å²) in [7, 11) is 0. The fourth-order valence-electron chi connectivity index (χ4n) is 3.87. The number of carbonyl (C=O) groups is 1. The Morgan fingerprint density at radius 3 is 2.88 bits per heavy atom. The summed E-state index contributed by atoms with van der Waals surface area (Å²) in [6, 6.07) is 4.12. The first-order chi connectivity index (χ1) is 12.5. The fourth-order valence-corrected chi connectivity index (χ4v) is 4.38. The van der Waals surface area contributed by atoms with Gasteiger partial charge in [0.05, 0.1) is 18.7 Å². The molecule has 1 fully saturated rings. The zero-order valence-corrected chi connectivity index (χ0v) is 16.3. The number of rotatable bonds is 4. The van der Waals surface area contributed by atoms with Crippen LogP contribution in [0.3, 0.4) is 0 Å². The zero-order valence-electron chi connectivity index (χ0n) is 14.8. The molecule has 26 heavy (non-hydrogen) atoms. The van der Waals surface area contributed by atoms with E-state index in [1.165, 1.54) is 0 Å². The average molecular weight is 420 g/mol. The molecule has 2 aliphatic rings. The van der Waals surface area contributed by atoms with Gasteiger partial charge in [-0.15, -0.1) is 0 Å². The smallest absolute Gasteiger partial charge is 0.256 e. The van der Waals surface area contributed by atoms with Crippen molar-refractivity contribution in [3.8, 4) is 0 Å². The maximum atomic E-state index is 12.9. The lowest BCUT2D eigenvalue weighted by Crippen LogP contribution is -2.42. The lowest BCUT2D eigenvalue weighted by atomic mass is 10.1. The van der Waals surface area contributed by atoms with Gasteiger partial charge in [0.25, 0.3) is 5.91 Å². The molecule has 0 unspecified atom stereocenters. The number of carbonyl (C=O) groups excluding carboxylic acids is 1. The summed E-state index contributed by atoms with van der Waals surface area (Å²) in [4.78, 5) is 27.8. The van der Waals surface area contributed by atoms with Gasteiger partial charge in [0.2, 0.25) is 5.43 Å². The van der Waals surface area contributed by atoms with Crippen molar-refractivity contribution in [2.75, 3.05) is 39.4 Å². The van der Waals surface area contributed by atoms with Crippen LogP contribution in [0.2, 0.25) is 0 Å². The van der Waals surface area contributed by atoms with Gasteiger partial charge < -0.3 is 14.6 Å². The number of hydrogen-bond donors (Lipinski definition) is 1. The first-order valence-corrected chi connectivity index (χ1v) is 9.79. The lowest BCUT2D eigenvalue weighted by Gasteiger charge is -2.26. The molecular weight excluding hydrogens is 398 g/mol. The van der Waals surface area contributed by atoms with Gasteiger partial charge in [0.15, 0.2) is 0 Å². The van der Waals surface area contributed by atoms with Gasteiger partial charge in [-0.3, -0.25) is 14.5 Å². The van der Waals surface area contributed by atoms with E-state index in [0.29, 0.717) is 11.9 Å². The van der Waals surface area contributed by atoms with Crippen LogP contribution in [0.5, 0.6) is 0 Å². The highest BCUT2D eigenvalue weighted by Crippen LogP contribution is 2.33. The number of hydrogen-bond acceptors (Lipinski definition) is 4. The average Bonchev–Trinajstić information content (AvgIpc) is 2.94. The number of aromatic nitrogens is 1. The summed E-state index contributed by atoms with van der Waals surface area (Å²) in [5.41, 5.74) is 2.13. The topological polar surface area (TPSA) is 63.6 Å². The van der Waals surface area contributed by atoms with E-state index in [1.54, 1.807) is 6.20 Å². The minimum absolute atomic E-state index is 0.197.